The molecule has 0 saturated heterocycles. The van der Waals surface area contributed by atoms with Gasteiger partial charge in [-0.1, -0.05) is 18.2 Å². The second kappa shape index (κ2) is 12.5. The summed E-state index contributed by atoms with van der Waals surface area (Å²) in [5.41, 5.74) is -2.82. The highest BCUT2D eigenvalue weighted by Crippen LogP contribution is 2.45. The third-order valence-corrected chi connectivity index (χ3v) is 9.49. The smallest absolute Gasteiger partial charge is 0.428 e. The number of aryl methyl sites for hydroxylation is 1. The van der Waals surface area contributed by atoms with Crippen molar-refractivity contribution in [1.29, 1.82) is 0 Å². The average Bonchev–Trinajstić information content (AvgIpc) is 3.47. The maximum Gasteiger partial charge on any atom is 0.428 e. The first-order valence-electron chi connectivity index (χ1n) is 14.6. The van der Waals surface area contributed by atoms with Crippen LogP contribution in [0.2, 0.25) is 0 Å². The van der Waals surface area contributed by atoms with E-state index in [2.05, 4.69) is 25.1 Å². The summed E-state index contributed by atoms with van der Waals surface area (Å²) in [7, 11) is -2.51. The lowest BCUT2D eigenvalue weighted by Gasteiger charge is -2.32. The van der Waals surface area contributed by atoms with E-state index in [-0.39, 0.29) is 21.5 Å². The normalized spacial score (nSPS) is 12.7. The van der Waals surface area contributed by atoms with Crippen LogP contribution in [-0.4, -0.2) is 58.3 Å². The summed E-state index contributed by atoms with van der Waals surface area (Å²) in [5, 5.41) is 18.1. The number of aliphatic hydroxyl groups is 1. The molecule has 3 heterocycles. The number of sulfonamides is 1. The molecule has 0 saturated carbocycles. The Balaban J connectivity index is 1.29. The van der Waals surface area contributed by atoms with Crippen molar-refractivity contribution in [3.8, 4) is 17.0 Å². The molecule has 0 spiro atoms. The number of fused-ring (bicyclic) bond motifs is 2. The van der Waals surface area contributed by atoms with Gasteiger partial charge in [-0.25, -0.2) is 13.4 Å². The van der Waals surface area contributed by atoms with Gasteiger partial charge in [0.15, 0.2) is 0 Å². The maximum absolute atomic E-state index is 13.4. The molecule has 0 aliphatic rings. The number of anilines is 3. The van der Waals surface area contributed by atoms with Gasteiger partial charge in [0.1, 0.15) is 11.6 Å². The molecular weight excluding hydrogens is 690 g/mol. The number of benzene rings is 3. The lowest BCUT2D eigenvalue weighted by Crippen LogP contribution is -2.59. The average molecular weight is 717 g/mol. The van der Waals surface area contributed by atoms with Crippen LogP contribution in [-0.2, 0) is 16.6 Å². The number of para-hydroxylation sites is 2. The van der Waals surface area contributed by atoms with Crippen LogP contribution in [0.25, 0.3) is 32.9 Å². The molecule has 0 amide bonds. The quantitative estimate of drug-likeness (QED) is 0.132. The zero-order chi connectivity index (χ0) is 36.1. The van der Waals surface area contributed by atoms with Crippen molar-refractivity contribution >= 4 is 48.9 Å². The Bertz CT molecular complexity index is 2310. The van der Waals surface area contributed by atoms with Crippen LogP contribution in [0.5, 0.6) is 5.75 Å². The van der Waals surface area contributed by atoms with E-state index < -0.39 is 34.5 Å². The number of hydrogen-bond acceptors (Lipinski definition) is 8. The van der Waals surface area contributed by atoms with E-state index in [1.165, 1.54) is 37.6 Å². The molecule has 3 aromatic carbocycles. The van der Waals surface area contributed by atoms with Gasteiger partial charge in [-0.3, -0.25) is 14.4 Å². The number of methoxy groups -OCH3 is 1. The van der Waals surface area contributed by atoms with E-state index >= 15 is 0 Å². The third-order valence-electron chi connectivity index (χ3n) is 8.10. The summed E-state index contributed by atoms with van der Waals surface area (Å²) in [6.07, 6.45) is -7.75. The van der Waals surface area contributed by atoms with Crippen LogP contribution in [0.3, 0.4) is 0 Å². The summed E-state index contributed by atoms with van der Waals surface area (Å²) in [4.78, 5) is 8.94. The van der Waals surface area contributed by atoms with Crippen molar-refractivity contribution < 1.29 is 44.6 Å². The topological polar surface area (TPSA) is 131 Å². The number of hydrogen-bond donors (Lipinski definition) is 3. The molecule has 0 atom stereocenters. The molecule has 0 bridgehead atoms. The van der Waals surface area contributed by atoms with Gasteiger partial charge >= 0.3 is 12.4 Å². The Kier molecular flexibility index (Phi) is 8.59. The van der Waals surface area contributed by atoms with Crippen molar-refractivity contribution in [1.82, 2.24) is 19.7 Å². The Morgan fingerprint density at radius 1 is 0.880 bits per heavy atom. The van der Waals surface area contributed by atoms with Crippen molar-refractivity contribution in [3.05, 3.63) is 97.0 Å². The van der Waals surface area contributed by atoms with E-state index in [1.807, 2.05) is 0 Å². The van der Waals surface area contributed by atoms with Gasteiger partial charge in [-0.05, 0) is 67.1 Å². The highest BCUT2D eigenvalue weighted by atomic mass is 32.2. The van der Waals surface area contributed by atoms with E-state index in [0.717, 1.165) is 6.20 Å². The third kappa shape index (κ3) is 6.24. The number of ether oxygens (including phenoxy) is 1. The summed E-state index contributed by atoms with van der Waals surface area (Å²) < 4.78 is 114. The zero-order valence-corrected chi connectivity index (χ0v) is 26.8. The van der Waals surface area contributed by atoms with E-state index in [4.69, 9.17) is 4.74 Å². The zero-order valence-electron chi connectivity index (χ0n) is 26.0. The van der Waals surface area contributed by atoms with Gasteiger partial charge in [0, 0.05) is 39.8 Å². The Hall–Kier alpha value is -5.42. The minimum atomic E-state index is -6.00. The lowest BCUT2D eigenvalue weighted by atomic mass is 9.98. The van der Waals surface area contributed by atoms with Gasteiger partial charge in [0.25, 0.3) is 15.6 Å². The van der Waals surface area contributed by atoms with Gasteiger partial charge in [0.05, 0.1) is 41.6 Å². The standard InChI is InChI=1S/C33H26F6N6O4S/c1-19-23(11-12-27-25(19)17-42-45(27)18-31(46,32(34,35)36)33(37,38)39)30-24-15-29(41-16-20(24)13-14-40-30)43-21-7-9-22(10-8-21)50(47,48)44-26-5-3-4-6-28(26)49-2/h3-17,44,46H,18H2,1-2H3,(H,41,43). The number of nitrogens with one attached hydrogen (secondary N) is 2. The molecule has 3 N–H and O–H groups in total. The summed E-state index contributed by atoms with van der Waals surface area (Å²) in [6, 6.07) is 18.8. The Morgan fingerprint density at radius 2 is 1.58 bits per heavy atom. The fourth-order valence-electron chi connectivity index (χ4n) is 5.38. The molecule has 3 aromatic heterocycles. The summed E-state index contributed by atoms with van der Waals surface area (Å²) in [6.45, 7) is -0.261. The second-order valence-corrected chi connectivity index (χ2v) is 12.9. The van der Waals surface area contributed by atoms with Crippen molar-refractivity contribution in [2.45, 2.75) is 36.3 Å². The molecule has 6 rings (SSSR count). The van der Waals surface area contributed by atoms with E-state index in [1.54, 1.807) is 61.7 Å². The molecule has 0 aliphatic heterocycles. The molecule has 6 aromatic rings. The van der Waals surface area contributed by atoms with Crippen LogP contribution in [0.15, 0.2) is 96.3 Å². The van der Waals surface area contributed by atoms with Crippen LogP contribution < -0.4 is 14.8 Å². The number of nitrogens with zero attached hydrogens (tertiary/aromatic N) is 4. The lowest BCUT2D eigenvalue weighted by molar-refractivity contribution is -0.372. The fourth-order valence-corrected chi connectivity index (χ4v) is 6.45. The minimum absolute atomic E-state index is 0.00240. The Morgan fingerprint density at radius 3 is 2.26 bits per heavy atom. The highest BCUT2D eigenvalue weighted by molar-refractivity contribution is 7.92. The van der Waals surface area contributed by atoms with Gasteiger partial charge in [0.2, 0.25) is 0 Å². The van der Waals surface area contributed by atoms with Gasteiger partial charge < -0.3 is 15.2 Å². The van der Waals surface area contributed by atoms with Crippen LogP contribution in [0.1, 0.15) is 5.56 Å². The minimum Gasteiger partial charge on any atom is -0.495 e. The molecule has 0 unspecified atom stereocenters. The van der Waals surface area contributed by atoms with Crippen LogP contribution in [0.4, 0.5) is 43.5 Å². The molecule has 0 fully saturated rings. The first kappa shape index (κ1) is 34.4. The predicted molar refractivity (Wildman–Crippen MR) is 174 cm³/mol. The molecular formula is C33H26F6N6O4S. The number of rotatable bonds is 9. The fraction of sp³-hybridized carbons (Fsp3) is 0.182. The molecule has 0 aliphatic carbocycles. The van der Waals surface area contributed by atoms with Gasteiger partial charge in [-0.15, -0.1) is 0 Å². The molecule has 0 radical (unpaired) electrons. The van der Waals surface area contributed by atoms with Crippen LogP contribution in [0, 0.1) is 6.92 Å². The van der Waals surface area contributed by atoms with Gasteiger partial charge in [-0.2, -0.15) is 31.4 Å². The number of halogens is 6. The second-order valence-electron chi connectivity index (χ2n) is 11.2. The van der Waals surface area contributed by atoms with E-state index in [0.29, 0.717) is 49.5 Å². The summed E-state index contributed by atoms with van der Waals surface area (Å²) >= 11 is 0. The van der Waals surface area contributed by atoms with Crippen molar-refractivity contribution in [3.63, 3.8) is 0 Å². The first-order valence-corrected chi connectivity index (χ1v) is 16.1. The Labute approximate surface area is 280 Å². The molecule has 10 nitrogen and oxygen atoms in total. The maximum atomic E-state index is 13.4. The number of pyridine rings is 2. The van der Waals surface area contributed by atoms with Crippen LogP contribution >= 0.6 is 0 Å². The summed E-state index contributed by atoms with van der Waals surface area (Å²) in [5.74, 6) is 0.732. The van der Waals surface area contributed by atoms with Crippen molar-refractivity contribution in [2.75, 3.05) is 17.1 Å². The monoisotopic (exact) mass is 716 g/mol. The number of aromatic nitrogens is 4. The van der Waals surface area contributed by atoms with E-state index in [9.17, 15) is 39.9 Å². The largest absolute Gasteiger partial charge is 0.495 e. The molecule has 50 heavy (non-hydrogen) atoms. The highest BCUT2D eigenvalue weighted by Gasteiger charge is 2.70. The number of alkyl halides is 6. The molecule has 260 valence electrons. The molecule has 17 heteroatoms. The predicted octanol–water partition coefficient (Wildman–Crippen LogP) is 7.36. The SMILES string of the molecule is COc1ccccc1NS(=O)(=O)c1ccc(Nc2cc3c(-c4ccc5c(cnn5CC(O)(C(F)(F)F)C(F)(F)F)c4C)nccc3cn2)cc1. The van der Waals surface area contributed by atoms with Crippen molar-refractivity contribution in [2.24, 2.45) is 0 Å². The first-order chi connectivity index (χ1) is 23.5.